The quantitative estimate of drug-likeness (QED) is 0.471. The summed E-state index contributed by atoms with van der Waals surface area (Å²) in [6, 6.07) is 12.0. The van der Waals surface area contributed by atoms with Crippen LogP contribution in [0.4, 0.5) is 5.69 Å². The zero-order valence-corrected chi connectivity index (χ0v) is 19.0. The topological polar surface area (TPSA) is 69.0 Å². The van der Waals surface area contributed by atoms with Gasteiger partial charge < -0.3 is 14.6 Å². The van der Waals surface area contributed by atoms with Crippen molar-refractivity contribution in [2.75, 3.05) is 12.4 Å². The molecule has 1 N–H and O–H groups in total. The lowest BCUT2D eigenvalue weighted by molar-refractivity contribution is -0.116. The minimum Gasteiger partial charge on any atom is -0.497 e. The van der Waals surface area contributed by atoms with Crippen LogP contribution in [-0.2, 0) is 11.2 Å². The van der Waals surface area contributed by atoms with E-state index in [1.54, 1.807) is 18.4 Å². The fourth-order valence-electron chi connectivity index (χ4n) is 3.27. The van der Waals surface area contributed by atoms with E-state index in [1.165, 1.54) is 16.6 Å². The van der Waals surface area contributed by atoms with Crippen LogP contribution in [0.5, 0.6) is 5.75 Å². The van der Waals surface area contributed by atoms with Crippen LogP contribution in [0.15, 0.2) is 46.9 Å². The summed E-state index contributed by atoms with van der Waals surface area (Å²) < 4.78 is 7.44. The third kappa shape index (κ3) is 4.87. The van der Waals surface area contributed by atoms with Gasteiger partial charge in [-0.1, -0.05) is 31.7 Å². The van der Waals surface area contributed by atoms with Gasteiger partial charge in [0.2, 0.25) is 5.91 Å². The fraction of sp³-hybridized carbons (Fsp3) is 0.409. The lowest BCUT2D eigenvalue weighted by Crippen LogP contribution is -2.30. The first-order valence-corrected chi connectivity index (χ1v) is 11.9. The summed E-state index contributed by atoms with van der Waals surface area (Å²) in [6.07, 6.45) is 3.08. The number of nitrogens with one attached hydrogen (secondary N) is 1. The van der Waals surface area contributed by atoms with E-state index >= 15 is 0 Å². The number of hydrogen-bond donors (Lipinski definition) is 1. The number of rotatable bonds is 9. The minimum atomic E-state index is -0.261. The highest BCUT2D eigenvalue weighted by atomic mass is 32.2. The average molecular weight is 443 g/mol. The number of nitrogens with zero attached hydrogens (tertiary/aromatic N) is 3. The Kier molecular flexibility index (Phi) is 6.43. The van der Waals surface area contributed by atoms with Crippen LogP contribution in [-0.4, -0.2) is 33.0 Å². The van der Waals surface area contributed by atoms with Crippen molar-refractivity contribution >= 4 is 34.7 Å². The van der Waals surface area contributed by atoms with Crippen LogP contribution in [0.25, 0.3) is 0 Å². The Morgan fingerprint density at radius 2 is 2.03 bits per heavy atom. The van der Waals surface area contributed by atoms with Gasteiger partial charge in [0.1, 0.15) is 11.6 Å². The molecule has 1 aromatic carbocycles. The van der Waals surface area contributed by atoms with E-state index in [0.29, 0.717) is 6.04 Å². The zero-order chi connectivity index (χ0) is 21.1. The molecule has 3 aromatic rings. The molecule has 1 unspecified atom stereocenters. The number of carbonyl (C=O) groups is 1. The molecule has 1 fully saturated rings. The zero-order valence-electron chi connectivity index (χ0n) is 17.4. The molecule has 8 heteroatoms. The van der Waals surface area contributed by atoms with E-state index < -0.39 is 0 Å². The number of amides is 1. The summed E-state index contributed by atoms with van der Waals surface area (Å²) in [6.45, 7) is 4.13. The summed E-state index contributed by atoms with van der Waals surface area (Å²) in [4.78, 5) is 14.3. The van der Waals surface area contributed by atoms with Gasteiger partial charge in [-0.3, -0.25) is 4.79 Å². The fourth-order valence-corrected chi connectivity index (χ4v) is 5.09. The molecule has 2 aromatic heterocycles. The molecule has 1 atom stereocenters. The van der Waals surface area contributed by atoms with Crippen LogP contribution in [0.1, 0.15) is 43.4 Å². The molecule has 0 spiro atoms. The number of thioether (sulfide) groups is 1. The Morgan fingerprint density at radius 1 is 1.27 bits per heavy atom. The molecule has 0 radical (unpaired) electrons. The van der Waals surface area contributed by atoms with Gasteiger partial charge in [0, 0.05) is 23.0 Å². The van der Waals surface area contributed by atoms with Gasteiger partial charge in [0.25, 0.3) is 0 Å². The number of aromatic nitrogens is 3. The smallest absolute Gasteiger partial charge is 0.238 e. The van der Waals surface area contributed by atoms with Crippen molar-refractivity contribution < 1.29 is 9.53 Å². The SMILES string of the molecule is COc1ccc(NC(=O)C(Sc2nnc(Cc3cccs3)n2C2CC2)C(C)C)cc1. The van der Waals surface area contributed by atoms with Gasteiger partial charge in [0.15, 0.2) is 5.16 Å². The maximum atomic E-state index is 13.1. The maximum absolute atomic E-state index is 13.1. The van der Waals surface area contributed by atoms with Gasteiger partial charge >= 0.3 is 0 Å². The summed E-state index contributed by atoms with van der Waals surface area (Å²) in [7, 11) is 1.63. The van der Waals surface area contributed by atoms with Crippen molar-refractivity contribution in [1.29, 1.82) is 0 Å². The Morgan fingerprint density at radius 3 is 2.63 bits per heavy atom. The lowest BCUT2D eigenvalue weighted by Gasteiger charge is -2.20. The average Bonchev–Trinajstić information content (AvgIpc) is 3.29. The minimum absolute atomic E-state index is 0.0229. The number of anilines is 1. The van der Waals surface area contributed by atoms with Crippen LogP contribution in [0, 0.1) is 5.92 Å². The normalized spacial score (nSPS) is 14.7. The third-order valence-electron chi connectivity index (χ3n) is 5.01. The summed E-state index contributed by atoms with van der Waals surface area (Å²) in [5, 5.41) is 14.7. The van der Waals surface area contributed by atoms with E-state index in [2.05, 4.69) is 51.4 Å². The molecule has 2 heterocycles. The molecule has 30 heavy (non-hydrogen) atoms. The second kappa shape index (κ2) is 9.22. The van der Waals surface area contributed by atoms with Crippen LogP contribution in [0.2, 0.25) is 0 Å². The predicted octanol–water partition coefficient (Wildman–Crippen LogP) is 5.03. The van der Waals surface area contributed by atoms with Crippen molar-refractivity contribution in [3.63, 3.8) is 0 Å². The summed E-state index contributed by atoms with van der Waals surface area (Å²) in [5.41, 5.74) is 0.758. The predicted molar refractivity (Wildman–Crippen MR) is 122 cm³/mol. The largest absolute Gasteiger partial charge is 0.497 e. The maximum Gasteiger partial charge on any atom is 0.238 e. The highest BCUT2D eigenvalue weighted by molar-refractivity contribution is 8.00. The third-order valence-corrected chi connectivity index (χ3v) is 7.39. The Hall–Kier alpha value is -2.32. The van der Waals surface area contributed by atoms with E-state index in [9.17, 15) is 4.79 Å². The number of methoxy groups -OCH3 is 1. The van der Waals surface area contributed by atoms with E-state index in [1.807, 2.05) is 24.3 Å². The Balaban J connectivity index is 1.51. The standard InChI is InChI=1S/C22H26N4O2S2/c1-14(2)20(21(27)23-15-6-10-17(28-3)11-7-15)30-22-25-24-19(26(22)16-8-9-16)13-18-5-4-12-29-18/h4-7,10-12,14,16,20H,8-9,13H2,1-3H3,(H,23,27). The molecule has 158 valence electrons. The summed E-state index contributed by atoms with van der Waals surface area (Å²) >= 11 is 3.25. The molecule has 1 saturated carbocycles. The van der Waals surface area contributed by atoms with Gasteiger partial charge in [-0.2, -0.15) is 0 Å². The Labute approximate surface area is 185 Å². The first-order valence-electron chi connectivity index (χ1n) is 10.1. The molecule has 0 bridgehead atoms. The van der Waals surface area contributed by atoms with Crippen LogP contribution < -0.4 is 10.1 Å². The van der Waals surface area contributed by atoms with Crippen LogP contribution in [0.3, 0.4) is 0 Å². The first-order chi connectivity index (χ1) is 14.5. The van der Waals surface area contributed by atoms with Crippen molar-refractivity contribution in [3.05, 3.63) is 52.5 Å². The molecule has 4 rings (SSSR count). The van der Waals surface area contributed by atoms with Gasteiger partial charge in [-0.05, 0) is 54.5 Å². The molecule has 0 saturated heterocycles. The number of carbonyl (C=O) groups excluding carboxylic acids is 1. The van der Waals surface area contributed by atoms with Crippen molar-refractivity contribution in [2.24, 2.45) is 5.92 Å². The lowest BCUT2D eigenvalue weighted by atomic mass is 10.1. The molecular formula is C22H26N4O2S2. The van der Waals surface area contributed by atoms with Crippen LogP contribution >= 0.6 is 23.1 Å². The van der Waals surface area contributed by atoms with Crippen molar-refractivity contribution in [1.82, 2.24) is 14.8 Å². The molecule has 1 amide bonds. The van der Waals surface area contributed by atoms with Gasteiger partial charge in [-0.15, -0.1) is 21.5 Å². The number of hydrogen-bond acceptors (Lipinski definition) is 6. The number of ether oxygens (including phenoxy) is 1. The molecule has 0 aliphatic heterocycles. The molecule has 1 aliphatic carbocycles. The van der Waals surface area contributed by atoms with Crippen molar-refractivity contribution in [2.45, 2.75) is 49.6 Å². The van der Waals surface area contributed by atoms with E-state index in [4.69, 9.17) is 4.74 Å². The van der Waals surface area contributed by atoms with E-state index in [-0.39, 0.29) is 17.1 Å². The number of thiophene rings is 1. The second-order valence-corrected chi connectivity index (χ2v) is 9.90. The van der Waals surface area contributed by atoms with E-state index in [0.717, 1.165) is 41.7 Å². The van der Waals surface area contributed by atoms with Gasteiger partial charge in [-0.25, -0.2) is 0 Å². The highest BCUT2D eigenvalue weighted by Gasteiger charge is 2.33. The molecular weight excluding hydrogens is 416 g/mol. The monoisotopic (exact) mass is 442 g/mol. The number of benzene rings is 1. The highest BCUT2D eigenvalue weighted by Crippen LogP contribution is 2.41. The molecule has 6 nitrogen and oxygen atoms in total. The van der Waals surface area contributed by atoms with Crippen molar-refractivity contribution in [3.8, 4) is 5.75 Å². The second-order valence-electron chi connectivity index (χ2n) is 7.76. The summed E-state index contributed by atoms with van der Waals surface area (Å²) in [5.74, 6) is 1.88. The first kappa shape index (κ1) is 20.9. The molecule has 1 aliphatic rings. The van der Waals surface area contributed by atoms with Gasteiger partial charge in [0.05, 0.1) is 12.4 Å². The Bertz CT molecular complexity index is 979.